The van der Waals surface area contributed by atoms with Crippen LogP contribution in [-0.4, -0.2) is 25.4 Å². The lowest BCUT2D eigenvalue weighted by molar-refractivity contribution is 0.00819. The Hall–Kier alpha value is -0.560. The Morgan fingerprint density at radius 3 is 1.73 bits per heavy atom. The molecule has 68 valence electrons. The van der Waals surface area contributed by atoms with Gasteiger partial charge in [-0.25, -0.2) is 0 Å². The predicted molar refractivity (Wildman–Crippen MR) is 33.7 cm³/mol. The van der Waals surface area contributed by atoms with Gasteiger partial charge in [0.25, 0.3) is 10.1 Å². The fourth-order valence-corrected chi connectivity index (χ4v) is 0.447. The maximum absolute atomic E-state index is 9.72. The second-order valence-corrected chi connectivity index (χ2v) is 2.78. The van der Waals surface area contributed by atoms with E-state index >= 15 is 0 Å². The van der Waals surface area contributed by atoms with Crippen LogP contribution < -0.4 is 0 Å². The summed E-state index contributed by atoms with van der Waals surface area (Å²) in [6.07, 6.45) is 1.12. The summed E-state index contributed by atoms with van der Waals surface area (Å²) >= 11 is 0. The molecule has 0 spiro atoms. The first-order valence-electron chi connectivity index (χ1n) is 2.28. The Labute approximate surface area is 62.3 Å². The van der Waals surface area contributed by atoms with Crippen LogP contribution in [0.1, 0.15) is 0 Å². The first-order chi connectivity index (χ1) is 4.79. The molecule has 7 heteroatoms. The highest BCUT2D eigenvalue weighted by Crippen LogP contribution is 1.87. The Kier molecular flexibility index (Phi) is 7.33. The lowest BCUT2D eigenvalue weighted by Crippen LogP contribution is -1.99. The summed E-state index contributed by atoms with van der Waals surface area (Å²) in [5.74, 6) is -0.368. The molecule has 0 unspecified atom stereocenters. The van der Waals surface area contributed by atoms with Crippen LogP contribution in [0, 0.1) is 0 Å². The fraction of sp³-hybridized carbons (Fsp3) is 0.500. The highest BCUT2D eigenvalue weighted by molar-refractivity contribution is 7.85. The van der Waals surface area contributed by atoms with Crippen LogP contribution in [0.2, 0.25) is 0 Å². The SMILES string of the molecule is C=CCS(=O)(=O)O.FC(F)F. The van der Waals surface area contributed by atoms with Crippen molar-refractivity contribution in [3.8, 4) is 0 Å². The zero-order valence-electron chi connectivity index (χ0n) is 5.37. The van der Waals surface area contributed by atoms with Crippen LogP contribution in [0.3, 0.4) is 0 Å². The van der Waals surface area contributed by atoms with E-state index in [1.165, 1.54) is 0 Å². The highest BCUT2D eigenvalue weighted by atomic mass is 32.2. The number of halogens is 3. The number of alkyl halides is 3. The third-order valence-corrected chi connectivity index (χ3v) is 0.985. The second-order valence-electron chi connectivity index (χ2n) is 1.28. The third-order valence-electron chi connectivity index (χ3n) is 0.328. The Balaban J connectivity index is 0. The summed E-state index contributed by atoms with van der Waals surface area (Å²) in [5, 5.41) is 0. The monoisotopic (exact) mass is 192 g/mol. The van der Waals surface area contributed by atoms with Crippen LogP contribution >= 0.6 is 0 Å². The second kappa shape index (κ2) is 6.17. The van der Waals surface area contributed by atoms with Gasteiger partial charge in [0.2, 0.25) is 0 Å². The molecule has 0 fully saturated rings. The Morgan fingerprint density at radius 1 is 1.45 bits per heavy atom. The van der Waals surface area contributed by atoms with Gasteiger partial charge in [-0.05, 0) is 0 Å². The maximum atomic E-state index is 9.72. The molecule has 0 aliphatic heterocycles. The molecule has 0 heterocycles. The normalized spacial score (nSPS) is 10.3. The largest absolute Gasteiger partial charge is 0.379 e. The first kappa shape index (κ1) is 13.1. The van der Waals surface area contributed by atoms with Gasteiger partial charge in [0.15, 0.2) is 0 Å². The van der Waals surface area contributed by atoms with Gasteiger partial charge in [-0.3, -0.25) is 4.55 Å². The minimum absolute atomic E-state index is 0.368. The third kappa shape index (κ3) is 44.2. The molecule has 0 amide bonds. The molecule has 0 aromatic heterocycles. The summed E-state index contributed by atoms with van der Waals surface area (Å²) in [7, 11) is -3.79. The summed E-state index contributed by atoms with van der Waals surface area (Å²) in [6.45, 7) is -0.560. The standard InChI is InChI=1S/C3H6O3S.CHF3/c1-2-3-7(4,5)6;2-1(3)4/h2H,1,3H2,(H,4,5,6);1H. The van der Waals surface area contributed by atoms with E-state index in [9.17, 15) is 21.6 Å². The summed E-state index contributed by atoms with van der Waals surface area (Å²) < 4.78 is 56.3. The summed E-state index contributed by atoms with van der Waals surface area (Å²) in [5.41, 5.74) is 0. The molecule has 0 radical (unpaired) electrons. The van der Waals surface area contributed by atoms with Gasteiger partial charge < -0.3 is 0 Å². The van der Waals surface area contributed by atoms with Gasteiger partial charge in [-0.2, -0.15) is 21.6 Å². The van der Waals surface area contributed by atoms with Gasteiger partial charge in [-0.1, -0.05) is 6.08 Å². The minimum Gasteiger partial charge on any atom is -0.285 e. The van der Waals surface area contributed by atoms with Gasteiger partial charge in [-0.15, -0.1) is 6.58 Å². The van der Waals surface area contributed by atoms with Crippen molar-refractivity contribution in [1.82, 2.24) is 0 Å². The topological polar surface area (TPSA) is 54.4 Å². The van der Waals surface area contributed by atoms with Crippen molar-refractivity contribution in [1.29, 1.82) is 0 Å². The van der Waals surface area contributed by atoms with Gasteiger partial charge in [0.1, 0.15) is 0 Å². The quantitative estimate of drug-likeness (QED) is 0.529. The van der Waals surface area contributed by atoms with Crippen molar-refractivity contribution < 1.29 is 26.1 Å². The van der Waals surface area contributed by atoms with Crippen molar-refractivity contribution >= 4 is 10.1 Å². The van der Waals surface area contributed by atoms with Crippen molar-refractivity contribution in [2.24, 2.45) is 0 Å². The van der Waals surface area contributed by atoms with Crippen molar-refractivity contribution in [3.05, 3.63) is 12.7 Å². The predicted octanol–water partition coefficient (Wildman–Crippen LogP) is 1.24. The van der Waals surface area contributed by atoms with Crippen LogP contribution in [0.15, 0.2) is 12.7 Å². The van der Waals surface area contributed by atoms with E-state index in [0.717, 1.165) is 6.08 Å². The highest BCUT2D eigenvalue weighted by Gasteiger charge is 1.95. The summed E-state index contributed by atoms with van der Waals surface area (Å²) in [6, 6.07) is 0. The zero-order valence-corrected chi connectivity index (χ0v) is 6.19. The van der Waals surface area contributed by atoms with Crippen molar-refractivity contribution in [2.75, 3.05) is 5.75 Å². The molecular formula is C4H7F3O3S. The molecule has 0 aromatic rings. The zero-order chi connectivity index (χ0) is 9.49. The molecule has 0 bridgehead atoms. The lowest BCUT2D eigenvalue weighted by Gasteiger charge is -1.82. The first-order valence-corrected chi connectivity index (χ1v) is 3.88. The number of hydrogen-bond donors (Lipinski definition) is 1. The minimum atomic E-state index is -3.79. The maximum Gasteiger partial charge on any atom is 0.379 e. The smallest absolute Gasteiger partial charge is 0.285 e. The van der Waals surface area contributed by atoms with E-state index in [1.54, 1.807) is 0 Å². The Morgan fingerprint density at radius 2 is 1.73 bits per heavy atom. The molecule has 3 nitrogen and oxygen atoms in total. The molecule has 0 aromatic carbocycles. The van der Waals surface area contributed by atoms with Gasteiger partial charge >= 0.3 is 6.68 Å². The molecule has 0 saturated carbocycles. The Bertz CT molecular complexity index is 184. The van der Waals surface area contributed by atoms with Gasteiger partial charge in [0, 0.05) is 0 Å². The molecule has 0 rings (SSSR count). The lowest BCUT2D eigenvalue weighted by atomic mass is 10.8. The molecule has 11 heavy (non-hydrogen) atoms. The van der Waals surface area contributed by atoms with Gasteiger partial charge in [0.05, 0.1) is 5.75 Å². The molecule has 1 N–H and O–H groups in total. The average Bonchev–Trinajstić information content (AvgIpc) is 1.58. The fourth-order valence-electron chi connectivity index (χ4n) is 0.149. The number of hydrogen-bond acceptors (Lipinski definition) is 2. The van der Waals surface area contributed by atoms with Crippen LogP contribution in [-0.2, 0) is 10.1 Å². The molecular weight excluding hydrogens is 185 g/mol. The molecule has 0 saturated heterocycles. The van der Waals surface area contributed by atoms with Crippen molar-refractivity contribution in [2.45, 2.75) is 6.68 Å². The van der Waals surface area contributed by atoms with E-state index in [1.807, 2.05) is 0 Å². The van der Waals surface area contributed by atoms with Crippen LogP contribution in [0.25, 0.3) is 0 Å². The molecule has 0 aliphatic carbocycles. The van der Waals surface area contributed by atoms with E-state index in [-0.39, 0.29) is 5.75 Å². The van der Waals surface area contributed by atoms with E-state index in [4.69, 9.17) is 4.55 Å². The van der Waals surface area contributed by atoms with E-state index in [0.29, 0.717) is 0 Å². The van der Waals surface area contributed by atoms with E-state index in [2.05, 4.69) is 6.58 Å². The van der Waals surface area contributed by atoms with Crippen LogP contribution in [0.4, 0.5) is 13.2 Å². The number of rotatable bonds is 2. The van der Waals surface area contributed by atoms with Crippen LogP contribution in [0.5, 0.6) is 0 Å². The molecule has 0 aliphatic rings. The molecule has 0 atom stereocenters. The average molecular weight is 192 g/mol. The van der Waals surface area contributed by atoms with E-state index < -0.39 is 16.8 Å². The van der Waals surface area contributed by atoms with Crippen molar-refractivity contribution in [3.63, 3.8) is 0 Å². The summed E-state index contributed by atoms with van der Waals surface area (Å²) in [4.78, 5) is 0.